The van der Waals surface area contributed by atoms with Crippen LogP contribution in [-0.4, -0.2) is 23.9 Å². The molecule has 0 unspecified atom stereocenters. The van der Waals surface area contributed by atoms with E-state index >= 15 is 0 Å². The molecule has 0 atom stereocenters. The second-order valence-corrected chi connectivity index (χ2v) is 1.27. The molecule has 1 aliphatic carbocycles. The van der Waals surface area contributed by atoms with E-state index in [9.17, 15) is 0 Å². The van der Waals surface area contributed by atoms with E-state index in [1.807, 2.05) is 6.42 Å². The van der Waals surface area contributed by atoms with Crippen LogP contribution < -0.4 is 0 Å². The van der Waals surface area contributed by atoms with E-state index in [2.05, 4.69) is 35.2 Å². The summed E-state index contributed by atoms with van der Waals surface area (Å²) in [5.74, 6) is 1.38. The Bertz CT molecular complexity index is 39.2. The van der Waals surface area contributed by atoms with Crippen LogP contribution in [0, 0.1) is 25.2 Å². The molecule has 0 aromatic rings. The molecule has 0 aromatic carbocycles. The number of hydrogen-bond acceptors (Lipinski definition) is 0. The van der Waals surface area contributed by atoms with E-state index in [4.69, 9.17) is 0 Å². The minimum absolute atomic E-state index is 0. The van der Waals surface area contributed by atoms with Gasteiger partial charge in [0.05, 0.1) is 6.42 Å². The topological polar surface area (TPSA) is 0 Å². The molecule has 1 saturated carbocycles. The van der Waals surface area contributed by atoms with Crippen LogP contribution in [0.3, 0.4) is 0 Å². The number of rotatable bonds is 0. The summed E-state index contributed by atoms with van der Waals surface area (Å²) in [6, 6.07) is 0. The summed E-state index contributed by atoms with van der Waals surface area (Å²) >= 11 is 0. The summed E-state index contributed by atoms with van der Waals surface area (Å²) in [4.78, 5) is 0. The fourth-order valence-corrected chi connectivity index (χ4v) is 0.289. The Labute approximate surface area is 77.2 Å². The van der Waals surface area contributed by atoms with Crippen LogP contribution in [0.1, 0.15) is 6.92 Å². The van der Waals surface area contributed by atoms with Gasteiger partial charge in [0.25, 0.3) is 0 Å². The van der Waals surface area contributed by atoms with Crippen molar-refractivity contribution in [2.24, 2.45) is 0 Å². The van der Waals surface area contributed by atoms with Crippen LogP contribution in [0.15, 0.2) is 0 Å². The third-order valence-electron chi connectivity index (χ3n) is 0.718. The van der Waals surface area contributed by atoms with Gasteiger partial charge in [0.15, 0.2) is 0 Å². The molecule has 0 amide bonds. The Kier molecular flexibility index (Phi) is 20.7. The molecule has 7 radical (unpaired) electrons. The Morgan fingerprint density at radius 3 is 1.67 bits per heavy atom. The van der Waals surface area contributed by atoms with Gasteiger partial charge in [-0.2, -0.15) is 19.3 Å². The van der Waals surface area contributed by atoms with Crippen LogP contribution in [0.4, 0.5) is 0 Å². The van der Waals surface area contributed by atoms with E-state index in [-0.39, 0.29) is 29.5 Å². The fourth-order valence-electron chi connectivity index (χ4n) is 0.289. The summed E-state index contributed by atoms with van der Waals surface area (Å²) in [7, 11) is 8.00. The Morgan fingerprint density at radius 2 is 1.67 bits per heavy atom. The maximum absolute atomic E-state index is 4.00. The molecule has 0 heterocycles. The normalized spacial score (nSPS) is 13.0. The molecular weight excluding hydrogens is 288 g/mol. The second-order valence-electron chi connectivity index (χ2n) is 1.27. The Morgan fingerprint density at radius 1 is 1.44 bits per heavy atom. The van der Waals surface area contributed by atoms with Crippen molar-refractivity contribution in [1.82, 2.24) is 0 Å². The predicted molar refractivity (Wildman–Crippen MR) is 39.1 cm³/mol. The van der Waals surface area contributed by atoms with Gasteiger partial charge in [-0.25, -0.2) is 0 Å². The molecule has 0 aromatic heterocycles. The zero-order valence-corrected chi connectivity index (χ0v) is 7.55. The van der Waals surface area contributed by atoms with Crippen molar-refractivity contribution in [3.8, 4) is 0 Å². The van der Waals surface area contributed by atoms with E-state index in [0.29, 0.717) is 0 Å². The maximum atomic E-state index is 4.00. The molecule has 45 valence electrons. The molecule has 9 heavy (non-hydrogen) atoms. The summed E-state index contributed by atoms with van der Waals surface area (Å²) < 4.78 is 0. The van der Waals surface area contributed by atoms with Crippen molar-refractivity contribution in [1.29, 1.82) is 0 Å². The average Bonchev–Trinajstić information content (AvgIpc) is 1.68. The first-order valence-electron chi connectivity index (χ1n) is 2.08. The smallest absolute Gasteiger partial charge is 0.0506 e. The van der Waals surface area contributed by atoms with Crippen molar-refractivity contribution < 1.29 is 21.1 Å². The molecule has 0 nitrogen and oxygen atoms in total. The maximum Gasteiger partial charge on any atom is 0.0506 e. The van der Waals surface area contributed by atoms with Gasteiger partial charge >= 0.3 is 0 Å². The van der Waals surface area contributed by atoms with Crippen LogP contribution in [0.5, 0.6) is 0 Å². The average molecular weight is 294 g/mol. The van der Waals surface area contributed by atoms with Crippen LogP contribution in [0.25, 0.3) is 0 Å². The Balaban J connectivity index is -0.0000000836. The van der Waals surface area contributed by atoms with Gasteiger partial charge in [0.1, 0.15) is 0 Å². The fraction of sp³-hybridized carbons (Fsp3) is 0.200. The second kappa shape index (κ2) is 11.4. The molecule has 0 bridgehead atoms. The first-order chi connectivity index (χ1) is 3.39. The summed E-state index contributed by atoms with van der Waals surface area (Å²) in [6.45, 7) is 2.08. The molecular formula is C5H6B3Pt. The van der Waals surface area contributed by atoms with Crippen molar-refractivity contribution in [2.45, 2.75) is 6.92 Å². The minimum Gasteiger partial charge on any atom is -0.197 e. The summed E-state index contributed by atoms with van der Waals surface area (Å²) in [6.07, 6.45) is 6.20. The van der Waals surface area contributed by atoms with Gasteiger partial charge in [-0.1, -0.05) is 0 Å². The Hall–Kier alpha value is 0.623. The van der Waals surface area contributed by atoms with Crippen molar-refractivity contribution in [3.05, 3.63) is 25.2 Å². The monoisotopic (exact) mass is 294 g/mol. The zero-order chi connectivity index (χ0) is 5.70. The van der Waals surface area contributed by atoms with E-state index in [0.717, 1.165) is 0 Å². The summed E-state index contributed by atoms with van der Waals surface area (Å²) in [5, 5.41) is 0. The first-order valence-corrected chi connectivity index (χ1v) is 2.08. The van der Waals surface area contributed by atoms with Gasteiger partial charge in [-0.3, -0.25) is 0 Å². The third-order valence-corrected chi connectivity index (χ3v) is 0.718. The van der Waals surface area contributed by atoms with Gasteiger partial charge in [0, 0.05) is 51.4 Å². The van der Waals surface area contributed by atoms with Gasteiger partial charge in [-0.05, 0) is 0 Å². The van der Waals surface area contributed by atoms with E-state index < -0.39 is 0 Å². The summed E-state index contributed by atoms with van der Waals surface area (Å²) in [5.41, 5.74) is 0. The van der Waals surface area contributed by atoms with Crippen molar-refractivity contribution in [2.75, 3.05) is 0 Å². The molecule has 0 N–H and O–H groups in total. The molecule has 4 heteroatoms. The molecule has 0 saturated heterocycles. The molecule has 1 fully saturated rings. The number of hydrogen-bond donors (Lipinski definition) is 0. The quantitative estimate of drug-likeness (QED) is 0.438. The van der Waals surface area contributed by atoms with Gasteiger partial charge in [-0.15, -0.1) is 0 Å². The molecule has 0 aliphatic heterocycles. The van der Waals surface area contributed by atoms with Crippen LogP contribution in [-0.2, 0) is 21.1 Å². The molecule has 0 spiro atoms. The minimum atomic E-state index is 0. The van der Waals surface area contributed by atoms with Crippen LogP contribution >= 0.6 is 0 Å². The third kappa shape index (κ3) is 8.62. The first kappa shape index (κ1) is 16.3. The van der Waals surface area contributed by atoms with Gasteiger partial charge in [0.2, 0.25) is 0 Å². The molecule has 1 rings (SSSR count). The predicted octanol–water partition coefficient (Wildman–Crippen LogP) is 0.0624. The van der Waals surface area contributed by atoms with Crippen molar-refractivity contribution >= 4 is 23.9 Å². The standard InChI is InChI=1S/C5H6.B2.B.Pt/c1-5-3-2-4-5;1-2;;/h2-4H,1H3;;;. The molecule has 1 aliphatic rings. The van der Waals surface area contributed by atoms with Gasteiger partial charge < -0.3 is 0 Å². The van der Waals surface area contributed by atoms with E-state index in [1.165, 1.54) is 5.92 Å². The largest absolute Gasteiger partial charge is 0.197 e. The van der Waals surface area contributed by atoms with Crippen LogP contribution in [0.2, 0.25) is 0 Å². The van der Waals surface area contributed by atoms with E-state index in [1.54, 1.807) is 0 Å². The SMILES string of the molecule is C[C-]1[CH+][CH+][CH-]1.[B].[B][B].[Pt]. The van der Waals surface area contributed by atoms with Crippen molar-refractivity contribution in [3.63, 3.8) is 0 Å². The zero-order valence-electron chi connectivity index (χ0n) is 5.28.